The van der Waals surface area contributed by atoms with Crippen LogP contribution in [0.2, 0.25) is 10.0 Å². The maximum Gasteiger partial charge on any atom is 0.262 e. The number of amides is 2. The van der Waals surface area contributed by atoms with E-state index in [2.05, 4.69) is 22.8 Å². The number of hydrazone groups is 1. The third-order valence-corrected chi connectivity index (χ3v) is 5.57. The Morgan fingerprint density at radius 1 is 1.03 bits per heavy atom. The van der Waals surface area contributed by atoms with Crippen LogP contribution in [0.3, 0.4) is 0 Å². The summed E-state index contributed by atoms with van der Waals surface area (Å²) in [6.45, 7) is 8.77. The lowest BCUT2D eigenvalue weighted by Gasteiger charge is -2.20. The van der Waals surface area contributed by atoms with Gasteiger partial charge in [-0.15, -0.1) is 0 Å². The van der Waals surface area contributed by atoms with Crippen LogP contribution in [0.5, 0.6) is 11.5 Å². The maximum atomic E-state index is 12.7. The average Bonchev–Trinajstić information content (AvgIpc) is 2.80. The second-order valence-corrected chi connectivity index (χ2v) is 8.71. The molecule has 2 amide bonds. The third kappa shape index (κ3) is 8.22. The first kappa shape index (κ1) is 27.5. The lowest BCUT2D eigenvalue weighted by atomic mass is 10.0. The number of hydrogen-bond donors (Lipinski definition) is 2. The van der Waals surface area contributed by atoms with Gasteiger partial charge in [-0.3, -0.25) is 9.59 Å². The number of halogens is 2. The largest absolute Gasteiger partial charge is 0.490 e. The zero-order valence-corrected chi connectivity index (χ0v) is 21.4. The molecule has 2 N–H and O–H groups in total. The van der Waals surface area contributed by atoms with Crippen molar-refractivity contribution >= 4 is 41.2 Å². The molecule has 0 saturated heterocycles. The van der Waals surface area contributed by atoms with Crippen LogP contribution < -0.4 is 20.2 Å². The van der Waals surface area contributed by atoms with Crippen LogP contribution in [0.1, 0.15) is 56.5 Å². The Kier molecular flexibility index (Phi) is 11.2. The van der Waals surface area contributed by atoms with E-state index in [1.54, 1.807) is 12.1 Å². The Morgan fingerprint density at radius 2 is 1.79 bits per heavy atom. The van der Waals surface area contributed by atoms with E-state index in [9.17, 15) is 9.59 Å². The van der Waals surface area contributed by atoms with E-state index in [-0.39, 0.29) is 10.9 Å². The second-order valence-electron chi connectivity index (χ2n) is 7.90. The molecule has 184 valence electrons. The molecule has 2 rings (SSSR count). The minimum atomic E-state index is -0.799. The van der Waals surface area contributed by atoms with E-state index < -0.39 is 17.9 Å². The highest BCUT2D eigenvalue weighted by molar-refractivity contribution is 6.42. The first-order chi connectivity index (χ1) is 16.3. The first-order valence-electron chi connectivity index (χ1n) is 11.2. The Bertz CT molecular complexity index is 1010. The highest BCUT2D eigenvalue weighted by atomic mass is 35.5. The maximum absolute atomic E-state index is 12.7. The molecule has 1 atom stereocenters. The molecular weight excluding hydrogens is 477 g/mol. The van der Waals surface area contributed by atoms with Crippen LogP contribution >= 0.6 is 23.2 Å². The molecular formula is C25H31Cl2N3O4. The molecule has 0 aromatic heterocycles. The number of ether oxygens (including phenoxy) is 2. The van der Waals surface area contributed by atoms with Crippen molar-refractivity contribution < 1.29 is 19.1 Å². The van der Waals surface area contributed by atoms with Crippen LogP contribution in [0, 0.1) is 5.92 Å². The molecule has 7 nitrogen and oxygen atoms in total. The van der Waals surface area contributed by atoms with Crippen molar-refractivity contribution in [2.75, 3.05) is 13.2 Å². The Balaban J connectivity index is 2.04. The number of hydrogen-bond acceptors (Lipinski definition) is 5. The summed E-state index contributed by atoms with van der Waals surface area (Å²) in [6, 6.07) is 9.17. The Hall–Kier alpha value is -2.77. The summed E-state index contributed by atoms with van der Waals surface area (Å²) in [5.41, 5.74) is 3.53. The quantitative estimate of drug-likeness (QED) is 0.226. The fourth-order valence-electron chi connectivity index (χ4n) is 2.96. The lowest BCUT2D eigenvalue weighted by Crippen LogP contribution is -2.48. The number of unbranched alkanes of at least 4 members (excludes halogenated alkanes) is 1. The smallest absolute Gasteiger partial charge is 0.262 e. The van der Waals surface area contributed by atoms with Gasteiger partial charge in [0.15, 0.2) is 11.5 Å². The van der Waals surface area contributed by atoms with E-state index in [4.69, 9.17) is 32.7 Å². The van der Waals surface area contributed by atoms with E-state index in [1.165, 1.54) is 18.3 Å². The van der Waals surface area contributed by atoms with Gasteiger partial charge in [-0.05, 0) is 61.2 Å². The topological polar surface area (TPSA) is 89.0 Å². The molecule has 0 radical (unpaired) electrons. The van der Waals surface area contributed by atoms with Gasteiger partial charge in [0.25, 0.3) is 11.8 Å². The number of carbonyl (C=O) groups excluding carboxylic acids is 2. The van der Waals surface area contributed by atoms with Crippen molar-refractivity contribution in [3.63, 3.8) is 0 Å². The number of carbonyl (C=O) groups is 2. The van der Waals surface area contributed by atoms with Crippen LogP contribution in [-0.2, 0) is 4.79 Å². The molecule has 0 aliphatic heterocycles. The predicted octanol–water partition coefficient (Wildman–Crippen LogP) is 5.48. The van der Waals surface area contributed by atoms with Crippen molar-refractivity contribution in [2.24, 2.45) is 11.0 Å². The van der Waals surface area contributed by atoms with Gasteiger partial charge < -0.3 is 14.8 Å². The minimum absolute atomic E-state index is 0.175. The molecule has 2 aromatic carbocycles. The van der Waals surface area contributed by atoms with Gasteiger partial charge in [0.1, 0.15) is 6.04 Å². The fourth-order valence-corrected chi connectivity index (χ4v) is 3.25. The summed E-state index contributed by atoms with van der Waals surface area (Å²) in [6.07, 6.45) is 3.51. The predicted molar refractivity (Wildman–Crippen MR) is 136 cm³/mol. The summed E-state index contributed by atoms with van der Waals surface area (Å²) in [4.78, 5) is 25.3. The standard InChI is InChI=1S/C25H31Cl2N3O4/c1-5-7-12-34-21-11-8-17(13-22(21)33-6-2)15-28-30-25(32)23(16(3)4)29-24(31)18-9-10-19(26)20(27)14-18/h8-11,13-16,23H,5-7,12H2,1-4H3,(H,29,31)(H,30,32)/b28-15-. The Morgan fingerprint density at radius 3 is 2.44 bits per heavy atom. The van der Waals surface area contributed by atoms with Gasteiger partial charge in [-0.2, -0.15) is 5.10 Å². The molecule has 9 heteroatoms. The van der Waals surface area contributed by atoms with Gasteiger partial charge in [-0.25, -0.2) is 5.43 Å². The van der Waals surface area contributed by atoms with E-state index in [1.807, 2.05) is 32.9 Å². The van der Waals surface area contributed by atoms with E-state index in [0.717, 1.165) is 18.4 Å². The first-order valence-corrected chi connectivity index (χ1v) is 12.0. The molecule has 34 heavy (non-hydrogen) atoms. The number of rotatable bonds is 12. The summed E-state index contributed by atoms with van der Waals surface area (Å²) in [5.74, 6) is 0.232. The summed E-state index contributed by atoms with van der Waals surface area (Å²) in [5, 5.41) is 7.38. The average molecular weight is 508 g/mol. The fraction of sp³-hybridized carbons (Fsp3) is 0.400. The summed E-state index contributed by atoms with van der Waals surface area (Å²) in [7, 11) is 0. The van der Waals surface area contributed by atoms with Crippen molar-refractivity contribution in [1.82, 2.24) is 10.7 Å². The summed E-state index contributed by atoms with van der Waals surface area (Å²) >= 11 is 11.9. The van der Waals surface area contributed by atoms with Crippen LogP contribution in [0.25, 0.3) is 0 Å². The zero-order chi connectivity index (χ0) is 25.1. The van der Waals surface area contributed by atoms with E-state index in [0.29, 0.717) is 35.3 Å². The highest BCUT2D eigenvalue weighted by Crippen LogP contribution is 2.28. The number of nitrogens with zero attached hydrogens (tertiary/aromatic N) is 1. The summed E-state index contributed by atoms with van der Waals surface area (Å²) < 4.78 is 11.4. The van der Waals surface area contributed by atoms with Gasteiger partial charge >= 0.3 is 0 Å². The van der Waals surface area contributed by atoms with Crippen molar-refractivity contribution in [3.8, 4) is 11.5 Å². The van der Waals surface area contributed by atoms with Gasteiger partial charge in [0.05, 0.1) is 29.5 Å². The van der Waals surface area contributed by atoms with Gasteiger partial charge in [-0.1, -0.05) is 50.4 Å². The number of nitrogens with one attached hydrogen (secondary N) is 2. The van der Waals surface area contributed by atoms with Crippen LogP contribution in [0.4, 0.5) is 0 Å². The van der Waals surface area contributed by atoms with Crippen molar-refractivity contribution in [1.29, 1.82) is 0 Å². The van der Waals surface area contributed by atoms with E-state index >= 15 is 0 Å². The van der Waals surface area contributed by atoms with Crippen LogP contribution in [0.15, 0.2) is 41.5 Å². The molecule has 0 heterocycles. The third-order valence-electron chi connectivity index (χ3n) is 4.83. The van der Waals surface area contributed by atoms with Gasteiger partial charge in [0, 0.05) is 5.56 Å². The zero-order valence-electron chi connectivity index (χ0n) is 19.9. The molecule has 0 fully saturated rings. The molecule has 0 saturated carbocycles. The van der Waals surface area contributed by atoms with Crippen molar-refractivity contribution in [3.05, 3.63) is 57.6 Å². The Labute approximate surface area is 210 Å². The minimum Gasteiger partial charge on any atom is -0.490 e. The molecule has 0 spiro atoms. The van der Waals surface area contributed by atoms with Gasteiger partial charge in [0.2, 0.25) is 0 Å². The second kappa shape index (κ2) is 13.8. The SMILES string of the molecule is CCCCOc1ccc(/C=N\NC(=O)C(NC(=O)c2ccc(Cl)c(Cl)c2)C(C)C)cc1OCC. The monoisotopic (exact) mass is 507 g/mol. The lowest BCUT2D eigenvalue weighted by molar-refractivity contribution is -0.123. The number of benzene rings is 2. The molecule has 0 aliphatic rings. The van der Waals surface area contributed by atoms with Crippen molar-refractivity contribution in [2.45, 2.75) is 46.6 Å². The molecule has 2 aromatic rings. The van der Waals surface area contributed by atoms with Crippen LogP contribution in [-0.4, -0.2) is 37.3 Å². The molecule has 0 bridgehead atoms. The normalized spacial score (nSPS) is 12.0. The highest BCUT2D eigenvalue weighted by Gasteiger charge is 2.24. The molecule has 0 aliphatic carbocycles. The molecule has 1 unspecified atom stereocenters.